The highest BCUT2D eigenvalue weighted by molar-refractivity contribution is 9.10. The summed E-state index contributed by atoms with van der Waals surface area (Å²) >= 11 is 3.45. The van der Waals surface area contributed by atoms with Gasteiger partial charge in [-0.1, -0.05) is 25.1 Å². The number of hydrogen-bond donors (Lipinski definition) is 2. The number of carbonyl (C=O) groups is 1. The number of para-hydroxylation sites is 1. The Morgan fingerprint density at radius 2 is 2.10 bits per heavy atom. The minimum Gasteiger partial charge on any atom is -0.456 e. The highest BCUT2D eigenvalue weighted by atomic mass is 79.9. The van der Waals surface area contributed by atoms with Gasteiger partial charge in [-0.15, -0.1) is 0 Å². The maximum Gasteiger partial charge on any atom is 0.246 e. The number of halogens is 1. The molecule has 4 nitrogen and oxygen atoms in total. The van der Waals surface area contributed by atoms with E-state index >= 15 is 0 Å². The monoisotopic (exact) mass is 346 g/mol. The molecule has 3 rings (SSSR count). The van der Waals surface area contributed by atoms with Crippen LogP contribution in [0, 0.1) is 0 Å². The highest BCUT2D eigenvalue weighted by Gasteiger charge is 2.29. The van der Waals surface area contributed by atoms with Gasteiger partial charge in [-0.3, -0.25) is 4.79 Å². The molecule has 1 heterocycles. The summed E-state index contributed by atoms with van der Waals surface area (Å²) in [6, 6.07) is 13.0. The summed E-state index contributed by atoms with van der Waals surface area (Å²) in [4.78, 5) is 11.9. The average molecular weight is 347 g/mol. The van der Waals surface area contributed by atoms with E-state index in [1.165, 1.54) is 0 Å². The highest BCUT2D eigenvalue weighted by Crippen LogP contribution is 2.36. The zero-order valence-electron chi connectivity index (χ0n) is 11.5. The van der Waals surface area contributed by atoms with Crippen molar-refractivity contribution in [3.63, 3.8) is 0 Å². The van der Waals surface area contributed by atoms with E-state index in [2.05, 4.69) is 26.6 Å². The average Bonchev–Trinajstić information content (AvgIpc) is 2.78. The molecule has 2 aromatic carbocycles. The molecular weight excluding hydrogens is 332 g/mol. The second-order valence-corrected chi connectivity index (χ2v) is 5.62. The molecule has 1 unspecified atom stereocenters. The molecule has 0 radical (unpaired) electrons. The summed E-state index contributed by atoms with van der Waals surface area (Å²) in [5.41, 5.74) is 1.76. The minimum atomic E-state index is -0.275. The van der Waals surface area contributed by atoms with Crippen LogP contribution < -0.4 is 15.4 Å². The number of fused-ring (bicyclic) bond motifs is 1. The van der Waals surface area contributed by atoms with Gasteiger partial charge in [0, 0.05) is 17.3 Å². The number of likely N-dealkylation sites (N-methyl/N-ethyl adjacent to an activating group) is 1. The van der Waals surface area contributed by atoms with Crippen LogP contribution in [0.15, 0.2) is 46.9 Å². The van der Waals surface area contributed by atoms with Crippen LogP contribution >= 0.6 is 15.9 Å². The van der Waals surface area contributed by atoms with Gasteiger partial charge in [-0.05, 0) is 40.7 Å². The second kappa shape index (κ2) is 5.87. The Hall–Kier alpha value is -1.85. The van der Waals surface area contributed by atoms with Crippen LogP contribution in [-0.2, 0) is 4.79 Å². The minimum absolute atomic E-state index is 0.0232. The van der Waals surface area contributed by atoms with Crippen LogP contribution in [-0.4, -0.2) is 12.5 Å². The first kappa shape index (κ1) is 14.1. The molecule has 0 aromatic heterocycles. The Balaban J connectivity index is 1.86. The van der Waals surface area contributed by atoms with Crippen molar-refractivity contribution in [2.75, 3.05) is 11.9 Å². The first-order valence-electron chi connectivity index (χ1n) is 6.79. The molecule has 0 fully saturated rings. The number of rotatable bonds is 4. The molecule has 5 heteroatoms. The zero-order valence-corrected chi connectivity index (χ0v) is 13.1. The van der Waals surface area contributed by atoms with E-state index in [1.807, 2.05) is 49.4 Å². The fourth-order valence-electron chi connectivity index (χ4n) is 2.37. The second-order valence-electron chi connectivity index (χ2n) is 4.76. The Morgan fingerprint density at radius 3 is 2.86 bits per heavy atom. The van der Waals surface area contributed by atoms with Gasteiger partial charge in [-0.25, -0.2) is 0 Å². The summed E-state index contributed by atoms with van der Waals surface area (Å²) in [7, 11) is 0. The van der Waals surface area contributed by atoms with Crippen molar-refractivity contribution in [3.05, 3.63) is 52.5 Å². The molecule has 1 atom stereocenters. The summed E-state index contributed by atoms with van der Waals surface area (Å²) < 4.78 is 6.74. The number of anilines is 1. The lowest BCUT2D eigenvalue weighted by Crippen LogP contribution is -2.27. The van der Waals surface area contributed by atoms with Crippen LogP contribution in [0.1, 0.15) is 18.5 Å². The van der Waals surface area contributed by atoms with Crippen LogP contribution in [0.5, 0.6) is 11.5 Å². The Labute approximate surface area is 131 Å². The van der Waals surface area contributed by atoms with Crippen molar-refractivity contribution in [2.24, 2.45) is 0 Å². The summed E-state index contributed by atoms with van der Waals surface area (Å²) in [6.07, 6.45) is 0. The zero-order chi connectivity index (χ0) is 14.8. The molecule has 0 saturated carbocycles. The summed E-state index contributed by atoms with van der Waals surface area (Å²) in [6.45, 7) is 2.72. The van der Waals surface area contributed by atoms with E-state index in [0.717, 1.165) is 28.0 Å². The molecule has 1 aliphatic rings. The van der Waals surface area contributed by atoms with E-state index < -0.39 is 0 Å². The molecular formula is C16H15BrN2O2. The van der Waals surface area contributed by atoms with Gasteiger partial charge in [-0.2, -0.15) is 0 Å². The third-order valence-corrected chi connectivity index (χ3v) is 3.98. The summed E-state index contributed by atoms with van der Waals surface area (Å²) in [5, 5.41) is 6.05. The molecule has 21 heavy (non-hydrogen) atoms. The van der Waals surface area contributed by atoms with Crippen LogP contribution in [0.2, 0.25) is 0 Å². The first-order valence-corrected chi connectivity index (χ1v) is 7.59. The Kier molecular flexibility index (Phi) is 3.94. The SMILES string of the molecule is CCNC1C(=O)Nc2cc(Oc3ccccc3Br)ccc21. The van der Waals surface area contributed by atoms with E-state index in [0.29, 0.717) is 5.75 Å². The van der Waals surface area contributed by atoms with Gasteiger partial charge in [0.1, 0.15) is 17.5 Å². The van der Waals surface area contributed by atoms with E-state index in [9.17, 15) is 4.79 Å². The lowest BCUT2D eigenvalue weighted by molar-refractivity contribution is -0.117. The first-order chi connectivity index (χ1) is 10.2. The fourth-order valence-corrected chi connectivity index (χ4v) is 2.73. The molecule has 0 bridgehead atoms. The van der Waals surface area contributed by atoms with Crippen molar-refractivity contribution in [1.82, 2.24) is 5.32 Å². The van der Waals surface area contributed by atoms with Gasteiger partial charge in [0.15, 0.2) is 0 Å². The van der Waals surface area contributed by atoms with Gasteiger partial charge in [0.2, 0.25) is 5.91 Å². The van der Waals surface area contributed by atoms with Crippen molar-refractivity contribution in [2.45, 2.75) is 13.0 Å². The standard InChI is InChI=1S/C16H15BrN2O2/c1-2-18-15-11-8-7-10(9-13(11)19-16(15)20)21-14-6-4-3-5-12(14)17/h3-9,15,18H,2H2,1H3,(H,19,20). The number of ether oxygens (including phenoxy) is 1. The van der Waals surface area contributed by atoms with Crippen LogP contribution in [0.3, 0.4) is 0 Å². The lowest BCUT2D eigenvalue weighted by atomic mass is 10.1. The third kappa shape index (κ3) is 2.80. The maximum atomic E-state index is 11.9. The van der Waals surface area contributed by atoms with E-state index in [4.69, 9.17) is 4.74 Å². The molecule has 108 valence electrons. The van der Waals surface area contributed by atoms with Gasteiger partial charge >= 0.3 is 0 Å². The molecule has 1 amide bonds. The number of hydrogen-bond acceptors (Lipinski definition) is 3. The van der Waals surface area contributed by atoms with Gasteiger partial charge in [0.25, 0.3) is 0 Å². The van der Waals surface area contributed by atoms with Crippen molar-refractivity contribution < 1.29 is 9.53 Å². The quantitative estimate of drug-likeness (QED) is 0.884. The van der Waals surface area contributed by atoms with Crippen molar-refractivity contribution in [1.29, 1.82) is 0 Å². The predicted molar refractivity (Wildman–Crippen MR) is 85.7 cm³/mol. The molecule has 0 spiro atoms. The van der Waals surface area contributed by atoms with Crippen molar-refractivity contribution >= 4 is 27.5 Å². The van der Waals surface area contributed by atoms with Gasteiger partial charge in [0.05, 0.1) is 4.47 Å². The third-order valence-electron chi connectivity index (χ3n) is 3.33. The predicted octanol–water partition coefficient (Wildman–Crippen LogP) is 3.84. The van der Waals surface area contributed by atoms with Crippen molar-refractivity contribution in [3.8, 4) is 11.5 Å². The smallest absolute Gasteiger partial charge is 0.246 e. The molecule has 0 aliphatic carbocycles. The van der Waals surface area contributed by atoms with Crippen LogP contribution in [0.4, 0.5) is 5.69 Å². The summed E-state index contributed by atoms with van der Waals surface area (Å²) in [5.74, 6) is 1.41. The topological polar surface area (TPSA) is 50.4 Å². The van der Waals surface area contributed by atoms with Gasteiger partial charge < -0.3 is 15.4 Å². The maximum absolute atomic E-state index is 11.9. The Morgan fingerprint density at radius 1 is 1.29 bits per heavy atom. The number of nitrogens with one attached hydrogen (secondary N) is 2. The molecule has 2 N–H and O–H groups in total. The number of carbonyl (C=O) groups excluding carboxylic acids is 1. The molecule has 2 aromatic rings. The Bertz CT molecular complexity index is 688. The normalized spacial score (nSPS) is 16.5. The van der Waals surface area contributed by atoms with E-state index in [-0.39, 0.29) is 11.9 Å². The molecule has 1 aliphatic heterocycles. The molecule has 0 saturated heterocycles. The van der Waals surface area contributed by atoms with Crippen LogP contribution in [0.25, 0.3) is 0 Å². The largest absolute Gasteiger partial charge is 0.456 e. The number of amides is 1. The fraction of sp³-hybridized carbons (Fsp3) is 0.188. The lowest BCUT2D eigenvalue weighted by Gasteiger charge is -2.11. The number of benzene rings is 2. The van der Waals surface area contributed by atoms with E-state index in [1.54, 1.807) is 0 Å².